The normalized spacial score (nSPS) is 25.3. The van der Waals surface area contributed by atoms with E-state index in [-0.39, 0.29) is 0 Å². The molecule has 21 heavy (non-hydrogen) atoms. The highest BCUT2D eigenvalue weighted by atomic mass is 16.5. The number of carbonyl (C=O) groups excluding carboxylic acids is 1. The Morgan fingerprint density at radius 2 is 2.10 bits per heavy atom. The molecule has 1 aromatic rings. The molecule has 1 saturated heterocycles. The number of methoxy groups -OCH3 is 1. The van der Waals surface area contributed by atoms with Crippen molar-refractivity contribution in [1.82, 2.24) is 4.98 Å². The van der Waals surface area contributed by atoms with Gasteiger partial charge in [0.05, 0.1) is 18.4 Å². The molecule has 1 aliphatic carbocycles. The Morgan fingerprint density at radius 1 is 1.33 bits per heavy atom. The van der Waals surface area contributed by atoms with Gasteiger partial charge >= 0.3 is 5.97 Å². The first-order chi connectivity index (χ1) is 10.2. The number of fused-ring (bicyclic) bond motifs is 1. The minimum absolute atomic E-state index is 0.399. The van der Waals surface area contributed by atoms with Gasteiger partial charge in [-0.1, -0.05) is 19.3 Å². The van der Waals surface area contributed by atoms with Gasteiger partial charge in [0.25, 0.3) is 0 Å². The van der Waals surface area contributed by atoms with Crippen molar-refractivity contribution in [3.63, 3.8) is 0 Å². The first kappa shape index (κ1) is 14.2. The molecule has 2 aliphatic rings. The van der Waals surface area contributed by atoms with Gasteiger partial charge in [0, 0.05) is 19.3 Å². The van der Waals surface area contributed by atoms with Crippen LogP contribution in [0.25, 0.3) is 0 Å². The average Bonchev–Trinajstić information content (AvgIpc) is 2.54. The van der Waals surface area contributed by atoms with Crippen LogP contribution >= 0.6 is 0 Å². The van der Waals surface area contributed by atoms with Gasteiger partial charge < -0.3 is 15.4 Å². The molecule has 1 saturated carbocycles. The van der Waals surface area contributed by atoms with E-state index in [0.717, 1.165) is 30.7 Å². The summed E-state index contributed by atoms with van der Waals surface area (Å²) >= 11 is 0. The maximum atomic E-state index is 11.7. The Kier molecular flexibility index (Phi) is 3.99. The summed E-state index contributed by atoms with van der Waals surface area (Å²) in [6.07, 6.45) is 8.22. The highest BCUT2D eigenvalue weighted by Gasteiger charge is 2.32. The van der Waals surface area contributed by atoms with Gasteiger partial charge in [0.2, 0.25) is 0 Å². The molecule has 1 aromatic heterocycles. The van der Waals surface area contributed by atoms with E-state index in [4.69, 9.17) is 10.5 Å². The van der Waals surface area contributed by atoms with Crippen molar-refractivity contribution in [2.45, 2.75) is 32.1 Å². The molecule has 2 heterocycles. The van der Waals surface area contributed by atoms with E-state index in [0.29, 0.717) is 11.3 Å². The fourth-order valence-corrected chi connectivity index (χ4v) is 3.80. The second-order valence-corrected chi connectivity index (χ2v) is 6.13. The van der Waals surface area contributed by atoms with Crippen LogP contribution < -0.4 is 10.6 Å². The molecule has 2 atom stereocenters. The molecule has 3 rings (SSSR count). The molecule has 0 aromatic carbocycles. The minimum Gasteiger partial charge on any atom is -0.465 e. The van der Waals surface area contributed by atoms with Crippen molar-refractivity contribution in [2.24, 2.45) is 11.8 Å². The molecule has 2 N–H and O–H groups in total. The first-order valence-corrected chi connectivity index (χ1v) is 7.78. The van der Waals surface area contributed by atoms with Crippen LogP contribution in [-0.2, 0) is 4.74 Å². The summed E-state index contributed by atoms with van der Waals surface area (Å²) in [5.41, 5.74) is 7.01. The van der Waals surface area contributed by atoms with Crippen LogP contribution in [0.15, 0.2) is 12.3 Å². The van der Waals surface area contributed by atoms with E-state index in [1.54, 1.807) is 12.3 Å². The second-order valence-electron chi connectivity index (χ2n) is 6.13. The lowest BCUT2D eigenvalue weighted by Crippen LogP contribution is -2.42. The highest BCUT2D eigenvalue weighted by molar-refractivity contribution is 5.97. The molecular weight excluding hydrogens is 266 g/mol. The third kappa shape index (κ3) is 2.69. The summed E-state index contributed by atoms with van der Waals surface area (Å²) in [5, 5.41) is 0. The van der Waals surface area contributed by atoms with Crippen LogP contribution in [-0.4, -0.2) is 31.2 Å². The Labute approximate surface area is 125 Å². The number of nitrogens with two attached hydrogens (primary N) is 1. The SMILES string of the molecule is COC(=O)c1ccnc(N2CCC3CCCCC3C2)c1N. The van der Waals surface area contributed by atoms with Gasteiger partial charge in [-0.3, -0.25) is 0 Å². The van der Waals surface area contributed by atoms with Gasteiger partial charge in [0.1, 0.15) is 0 Å². The third-order valence-electron chi connectivity index (χ3n) is 4.97. The minimum atomic E-state index is -0.399. The van der Waals surface area contributed by atoms with Gasteiger partial charge in [-0.05, 0) is 30.7 Å². The largest absolute Gasteiger partial charge is 0.465 e. The fourth-order valence-electron chi connectivity index (χ4n) is 3.80. The van der Waals surface area contributed by atoms with Crippen LogP contribution in [0.4, 0.5) is 11.5 Å². The van der Waals surface area contributed by atoms with Crippen molar-refractivity contribution in [1.29, 1.82) is 0 Å². The van der Waals surface area contributed by atoms with Crippen LogP contribution in [0.3, 0.4) is 0 Å². The van der Waals surface area contributed by atoms with Crippen molar-refractivity contribution in [3.8, 4) is 0 Å². The van der Waals surface area contributed by atoms with Crippen LogP contribution in [0.5, 0.6) is 0 Å². The van der Waals surface area contributed by atoms with Crippen LogP contribution in [0.1, 0.15) is 42.5 Å². The lowest BCUT2D eigenvalue weighted by Gasteiger charge is -2.42. The Morgan fingerprint density at radius 3 is 2.86 bits per heavy atom. The van der Waals surface area contributed by atoms with Crippen molar-refractivity contribution in [3.05, 3.63) is 17.8 Å². The Hall–Kier alpha value is -1.78. The third-order valence-corrected chi connectivity index (χ3v) is 4.97. The van der Waals surface area contributed by atoms with E-state index >= 15 is 0 Å². The number of pyridine rings is 1. The molecule has 5 nitrogen and oxygen atoms in total. The Bertz CT molecular complexity index is 532. The lowest BCUT2D eigenvalue weighted by atomic mass is 9.75. The van der Waals surface area contributed by atoms with Gasteiger partial charge in [-0.2, -0.15) is 0 Å². The molecule has 5 heteroatoms. The van der Waals surface area contributed by atoms with E-state index in [1.807, 2.05) is 0 Å². The quantitative estimate of drug-likeness (QED) is 0.847. The van der Waals surface area contributed by atoms with Crippen LogP contribution in [0, 0.1) is 11.8 Å². The monoisotopic (exact) mass is 289 g/mol. The lowest BCUT2D eigenvalue weighted by molar-refractivity contribution is 0.0602. The standard InChI is InChI=1S/C16H23N3O2/c1-21-16(20)13-6-8-18-15(14(13)17)19-9-7-11-4-2-3-5-12(11)10-19/h6,8,11-12H,2-5,7,9-10,17H2,1H3. The summed E-state index contributed by atoms with van der Waals surface area (Å²) in [6, 6.07) is 1.62. The van der Waals surface area contributed by atoms with Gasteiger partial charge in [-0.15, -0.1) is 0 Å². The zero-order chi connectivity index (χ0) is 14.8. The summed E-state index contributed by atoms with van der Waals surface area (Å²) in [6.45, 7) is 1.98. The number of aromatic nitrogens is 1. The number of ether oxygens (including phenoxy) is 1. The summed E-state index contributed by atoms with van der Waals surface area (Å²) in [4.78, 5) is 18.4. The number of hydrogen-bond donors (Lipinski definition) is 1. The number of nitrogens with zero attached hydrogens (tertiary/aromatic N) is 2. The van der Waals surface area contributed by atoms with Crippen LogP contribution in [0.2, 0.25) is 0 Å². The molecule has 1 aliphatic heterocycles. The Balaban J connectivity index is 1.82. The van der Waals surface area contributed by atoms with Crippen molar-refractivity contribution in [2.75, 3.05) is 30.8 Å². The van der Waals surface area contributed by atoms with Gasteiger partial charge in [-0.25, -0.2) is 9.78 Å². The zero-order valence-electron chi connectivity index (χ0n) is 12.5. The van der Waals surface area contributed by atoms with E-state index in [9.17, 15) is 4.79 Å². The molecular formula is C16H23N3O2. The number of anilines is 2. The second kappa shape index (κ2) is 5.92. The number of nitrogen functional groups attached to an aromatic ring is 1. The smallest absolute Gasteiger partial charge is 0.340 e. The number of esters is 1. The molecule has 0 radical (unpaired) electrons. The van der Waals surface area contributed by atoms with E-state index < -0.39 is 5.97 Å². The van der Waals surface area contributed by atoms with Gasteiger partial charge in [0.15, 0.2) is 5.82 Å². The topological polar surface area (TPSA) is 68.5 Å². The summed E-state index contributed by atoms with van der Waals surface area (Å²) < 4.78 is 4.78. The molecule has 114 valence electrons. The number of hydrogen-bond acceptors (Lipinski definition) is 5. The van der Waals surface area contributed by atoms with Crippen molar-refractivity contribution < 1.29 is 9.53 Å². The predicted octanol–water partition coefficient (Wildman–Crippen LogP) is 2.47. The highest BCUT2D eigenvalue weighted by Crippen LogP contribution is 2.38. The fraction of sp³-hybridized carbons (Fsp3) is 0.625. The van der Waals surface area contributed by atoms with Crippen molar-refractivity contribution >= 4 is 17.5 Å². The number of rotatable bonds is 2. The predicted molar refractivity (Wildman–Crippen MR) is 82.3 cm³/mol. The summed E-state index contributed by atoms with van der Waals surface area (Å²) in [7, 11) is 1.37. The molecule has 0 amide bonds. The molecule has 0 bridgehead atoms. The molecule has 2 unspecified atom stereocenters. The molecule has 0 spiro atoms. The number of carbonyl (C=O) groups is 1. The average molecular weight is 289 g/mol. The maximum absolute atomic E-state index is 11.7. The zero-order valence-corrected chi connectivity index (χ0v) is 12.5. The van der Waals surface area contributed by atoms with E-state index in [2.05, 4.69) is 9.88 Å². The first-order valence-electron chi connectivity index (χ1n) is 7.78. The number of piperidine rings is 1. The summed E-state index contributed by atoms with van der Waals surface area (Å²) in [5.74, 6) is 1.95. The maximum Gasteiger partial charge on any atom is 0.340 e. The van der Waals surface area contributed by atoms with E-state index in [1.165, 1.54) is 39.2 Å². The molecule has 2 fully saturated rings.